The number of anilines is 1. The first kappa shape index (κ1) is 18.5. The molecule has 0 aliphatic rings. The summed E-state index contributed by atoms with van der Waals surface area (Å²) in [5.41, 5.74) is 2.64. The predicted molar refractivity (Wildman–Crippen MR) is 115 cm³/mol. The number of hydrogen-bond acceptors (Lipinski definition) is 4. The molecule has 0 saturated heterocycles. The minimum atomic E-state index is -0.103. The van der Waals surface area contributed by atoms with Gasteiger partial charge in [-0.2, -0.15) is 0 Å². The van der Waals surface area contributed by atoms with E-state index < -0.39 is 0 Å². The average molecular weight is 409 g/mol. The van der Waals surface area contributed by atoms with E-state index in [9.17, 15) is 4.79 Å². The third kappa shape index (κ3) is 3.88. The van der Waals surface area contributed by atoms with Gasteiger partial charge >= 0.3 is 0 Å². The van der Waals surface area contributed by atoms with Crippen molar-refractivity contribution in [1.82, 2.24) is 15.2 Å². The van der Waals surface area contributed by atoms with Gasteiger partial charge in [-0.3, -0.25) is 9.89 Å². The minimum Gasteiger partial charge on any atom is -0.325 e. The Morgan fingerprint density at radius 1 is 1.11 bits per heavy atom. The molecule has 0 spiro atoms. The molecule has 4 rings (SSSR count). The fourth-order valence-corrected chi connectivity index (χ4v) is 3.76. The molecule has 4 aromatic rings. The van der Waals surface area contributed by atoms with E-state index in [1.54, 1.807) is 6.07 Å². The number of halogens is 1. The lowest BCUT2D eigenvalue weighted by molar-refractivity contribution is -0.113. The Morgan fingerprint density at radius 2 is 1.89 bits per heavy atom. The number of aromatic amines is 1. The van der Waals surface area contributed by atoms with E-state index in [1.165, 1.54) is 11.8 Å². The number of fused-ring (bicyclic) bond motifs is 1. The Morgan fingerprint density at radius 3 is 2.75 bits per heavy atom. The van der Waals surface area contributed by atoms with Crippen LogP contribution in [0.4, 0.5) is 5.69 Å². The number of carbonyl (C=O) groups is 1. The quantitative estimate of drug-likeness (QED) is 0.438. The van der Waals surface area contributed by atoms with Gasteiger partial charge in [0.2, 0.25) is 11.1 Å². The highest BCUT2D eigenvalue weighted by Gasteiger charge is 2.13. The molecule has 0 fully saturated rings. The zero-order valence-corrected chi connectivity index (χ0v) is 16.6. The maximum Gasteiger partial charge on any atom is 0.234 e. The summed E-state index contributed by atoms with van der Waals surface area (Å²) in [6.07, 6.45) is 0. The summed E-state index contributed by atoms with van der Waals surface area (Å²) < 4.78 is 0. The number of amides is 1. The van der Waals surface area contributed by atoms with Gasteiger partial charge in [0.05, 0.1) is 16.5 Å². The Hall–Kier alpha value is -2.83. The lowest BCUT2D eigenvalue weighted by Crippen LogP contribution is -2.15. The molecule has 0 unspecified atom stereocenters. The SMILES string of the molecule is Cc1ccc2ccccc2c1NC(=O)CSc1n[nH]c(-c2ccccc2Cl)n1. The number of thioether (sulfide) groups is 1. The number of rotatable bonds is 5. The summed E-state index contributed by atoms with van der Waals surface area (Å²) in [6.45, 7) is 1.99. The second-order valence-corrected chi connectivity index (χ2v) is 7.61. The van der Waals surface area contributed by atoms with E-state index in [2.05, 4.69) is 26.6 Å². The maximum absolute atomic E-state index is 12.5. The molecule has 2 N–H and O–H groups in total. The number of carbonyl (C=O) groups excluding carboxylic acids is 1. The second kappa shape index (κ2) is 8.04. The third-order valence-corrected chi connectivity index (χ3v) is 5.50. The van der Waals surface area contributed by atoms with Crippen molar-refractivity contribution in [3.05, 3.63) is 71.2 Å². The Labute approximate surface area is 171 Å². The van der Waals surface area contributed by atoms with Gasteiger partial charge in [0.1, 0.15) is 0 Å². The normalized spacial score (nSPS) is 10.9. The van der Waals surface area contributed by atoms with E-state index in [0.717, 1.165) is 27.6 Å². The van der Waals surface area contributed by atoms with Crippen molar-refractivity contribution in [2.75, 3.05) is 11.1 Å². The fraction of sp³-hybridized carbons (Fsp3) is 0.0952. The van der Waals surface area contributed by atoms with E-state index in [1.807, 2.05) is 55.5 Å². The van der Waals surface area contributed by atoms with Crippen LogP contribution in [-0.2, 0) is 4.79 Å². The Bertz CT molecular complexity index is 1160. The third-order valence-electron chi connectivity index (χ3n) is 4.33. The molecule has 28 heavy (non-hydrogen) atoms. The van der Waals surface area contributed by atoms with Gasteiger partial charge in [-0.05, 0) is 30.0 Å². The van der Waals surface area contributed by atoms with Gasteiger partial charge < -0.3 is 5.32 Å². The highest BCUT2D eigenvalue weighted by atomic mass is 35.5. The number of benzene rings is 3. The fourth-order valence-electron chi connectivity index (χ4n) is 2.94. The summed E-state index contributed by atoms with van der Waals surface area (Å²) in [7, 11) is 0. The first-order valence-electron chi connectivity index (χ1n) is 8.70. The predicted octanol–water partition coefficient (Wildman–Crippen LogP) is 5.32. The largest absolute Gasteiger partial charge is 0.325 e. The molecule has 0 saturated carbocycles. The standard InChI is InChI=1S/C21H17ClN4OS/c1-13-10-11-14-6-2-3-7-15(14)19(13)23-18(27)12-28-21-24-20(25-26-21)16-8-4-5-9-17(16)22/h2-11H,12H2,1H3,(H,23,27)(H,24,25,26). The van der Waals surface area contributed by atoms with Gasteiger partial charge in [0.15, 0.2) is 5.82 Å². The molecule has 0 aliphatic heterocycles. The Kier molecular flexibility index (Phi) is 5.32. The van der Waals surface area contributed by atoms with E-state index in [4.69, 9.17) is 11.6 Å². The van der Waals surface area contributed by atoms with Gasteiger partial charge in [-0.25, -0.2) is 4.98 Å². The number of aryl methyl sites for hydroxylation is 1. The molecule has 7 heteroatoms. The van der Waals surface area contributed by atoms with Crippen LogP contribution in [0.1, 0.15) is 5.56 Å². The molecule has 1 heterocycles. The monoisotopic (exact) mass is 408 g/mol. The molecular formula is C21H17ClN4OS. The van der Waals surface area contributed by atoms with Crippen molar-refractivity contribution in [1.29, 1.82) is 0 Å². The van der Waals surface area contributed by atoms with Crippen LogP contribution in [0.15, 0.2) is 65.8 Å². The van der Waals surface area contributed by atoms with Crippen LogP contribution < -0.4 is 5.32 Å². The number of aromatic nitrogens is 3. The highest BCUT2D eigenvalue weighted by Crippen LogP contribution is 2.28. The zero-order valence-electron chi connectivity index (χ0n) is 15.1. The smallest absolute Gasteiger partial charge is 0.234 e. The van der Waals surface area contributed by atoms with Crippen LogP contribution >= 0.6 is 23.4 Å². The molecule has 1 amide bonds. The molecule has 0 radical (unpaired) electrons. The summed E-state index contributed by atoms with van der Waals surface area (Å²) in [6, 6.07) is 19.5. The molecule has 0 bridgehead atoms. The maximum atomic E-state index is 12.5. The zero-order chi connectivity index (χ0) is 19.5. The topological polar surface area (TPSA) is 70.7 Å². The molecule has 1 aromatic heterocycles. The van der Waals surface area contributed by atoms with Crippen LogP contribution in [-0.4, -0.2) is 26.8 Å². The summed E-state index contributed by atoms with van der Waals surface area (Å²) in [5.74, 6) is 0.689. The first-order valence-corrected chi connectivity index (χ1v) is 10.1. The second-order valence-electron chi connectivity index (χ2n) is 6.26. The minimum absolute atomic E-state index is 0.103. The van der Waals surface area contributed by atoms with Crippen LogP contribution in [0.5, 0.6) is 0 Å². The Balaban J connectivity index is 1.45. The van der Waals surface area contributed by atoms with Crippen LogP contribution in [0.25, 0.3) is 22.2 Å². The van der Waals surface area contributed by atoms with Crippen molar-refractivity contribution in [3.63, 3.8) is 0 Å². The van der Waals surface area contributed by atoms with Gasteiger partial charge in [0, 0.05) is 10.9 Å². The molecule has 0 aliphatic carbocycles. The lowest BCUT2D eigenvalue weighted by atomic mass is 10.0. The molecule has 0 atom stereocenters. The molecule has 3 aromatic carbocycles. The number of nitrogens with zero attached hydrogens (tertiary/aromatic N) is 2. The van der Waals surface area contributed by atoms with Crippen molar-refractivity contribution < 1.29 is 4.79 Å². The molecule has 140 valence electrons. The first-order chi connectivity index (χ1) is 13.6. The molecule has 5 nitrogen and oxygen atoms in total. The van der Waals surface area contributed by atoms with Crippen molar-refractivity contribution in [2.45, 2.75) is 12.1 Å². The van der Waals surface area contributed by atoms with Crippen LogP contribution in [0, 0.1) is 6.92 Å². The number of hydrogen-bond donors (Lipinski definition) is 2. The van der Waals surface area contributed by atoms with Gasteiger partial charge in [0.25, 0.3) is 0 Å². The van der Waals surface area contributed by atoms with Crippen molar-refractivity contribution in [2.24, 2.45) is 0 Å². The van der Waals surface area contributed by atoms with E-state index in [-0.39, 0.29) is 11.7 Å². The number of nitrogens with one attached hydrogen (secondary N) is 2. The number of H-pyrrole nitrogens is 1. The average Bonchev–Trinajstić information content (AvgIpc) is 3.18. The highest BCUT2D eigenvalue weighted by molar-refractivity contribution is 7.99. The van der Waals surface area contributed by atoms with Crippen LogP contribution in [0.2, 0.25) is 5.02 Å². The van der Waals surface area contributed by atoms with Crippen molar-refractivity contribution in [3.8, 4) is 11.4 Å². The van der Waals surface area contributed by atoms with E-state index in [0.29, 0.717) is 16.0 Å². The van der Waals surface area contributed by atoms with Gasteiger partial charge in [-0.1, -0.05) is 71.9 Å². The molecular weight excluding hydrogens is 392 g/mol. The van der Waals surface area contributed by atoms with Crippen LogP contribution in [0.3, 0.4) is 0 Å². The summed E-state index contributed by atoms with van der Waals surface area (Å²) in [4.78, 5) is 16.9. The van der Waals surface area contributed by atoms with Crippen molar-refractivity contribution >= 4 is 45.7 Å². The summed E-state index contributed by atoms with van der Waals surface area (Å²) >= 11 is 7.46. The summed E-state index contributed by atoms with van der Waals surface area (Å²) in [5, 5.41) is 13.3. The lowest BCUT2D eigenvalue weighted by Gasteiger charge is -2.11. The van der Waals surface area contributed by atoms with Gasteiger partial charge in [-0.15, -0.1) is 5.10 Å². The van der Waals surface area contributed by atoms with E-state index >= 15 is 0 Å².